The van der Waals surface area contributed by atoms with Gasteiger partial charge in [-0.05, 0) is 48.5 Å². The van der Waals surface area contributed by atoms with Gasteiger partial charge in [-0.2, -0.15) is 0 Å². The Hall–Kier alpha value is -2.36. The molecule has 4 nitrogen and oxygen atoms in total. The molecular formula is C14H16N2O2. The van der Waals surface area contributed by atoms with E-state index in [2.05, 4.69) is 10.6 Å². The van der Waals surface area contributed by atoms with Crippen LogP contribution in [0.25, 0.3) is 0 Å². The first-order valence-corrected chi connectivity index (χ1v) is 5.80. The van der Waals surface area contributed by atoms with Gasteiger partial charge in [-0.15, -0.1) is 0 Å². The van der Waals surface area contributed by atoms with Crippen molar-refractivity contribution in [2.24, 2.45) is 0 Å². The number of anilines is 2. The molecule has 2 aromatic rings. The van der Waals surface area contributed by atoms with Crippen LogP contribution < -0.4 is 10.6 Å². The molecule has 0 aromatic heterocycles. The first kappa shape index (κ1) is 12.1. The highest BCUT2D eigenvalue weighted by molar-refractivity contribution is 5.48. The summed E-state index contributed by atoms with van der Waals surface area (Å²) in [5.41, 5.74) is 1.95. The Balaban J connectivity index is 1.73. The molecule has 94 valence electrons. The quantitative estimate of drug-likeness (QED) is 0.482. The molecule has 18 heavy (non-hydrogen) atoms. The first-order chi connectivity index (χ1) is 8.74. The maximum Gasteiger partial charge on any atom is 0.115 e. The highest BCUT2D eigenvalue weighted by atomic mass is 16.3. The Morgan fingerprint density at radius 3 is 1.28 bits per heavy atom. The van der Waals surface area contributed by atoms with Gasteiger partial charge in [-0.1, -0.05) is 0 Å². The summed E-state index contributed by atoms with van der Waals surface area (Å²) in [6.45, 7) is 1.54. The van der Waals surface area contributed by atoms with Crippen LogP contribution in [0.3, 0.4) is 0 Å². The van der Waals surface area contributed by atoms with Gasteiger partial charge in [-0.3, -0.25) is 0 Å². The lowest BCUT2D eigenvalue weighted by Crippen LogP contribution is -2.13. The molecule has 0 saturated heterocycles. The maximum atomic E-state index is 9.14. The van der Waals surface area contributed by atoms with Gasteiger partial charge in [-0.25, -0.2) is 0 Å². The van der Waals surface area contributed by atoms with E-state index in [1.807, 2.05) is 24.3 Å². The van der Waals surface area contributed by atoms with Crippen molar-refractivity contribution >= 4 is 11.4 Å². The topological polar surface area (TPSA) is 64.5 Å². The van der Waals surface area contributed by atoms with Crippen molar-refractivity contribution in [1.82, 2.24) is 0 Å². The van der Waals surface area contributed by atoms with Gasteiger partial charge in [0.15, 0.2) is 0 Å². The van der Waals surface area contributed by atoms with Crippen molar-refractivity contribution < 1.29 is 10.2 Å². The molecule has 2 rings (SSSR count). The number of benzene rings is 2. The summed E-state index contributed by atoms with van der Waals surface area (Å²) in [5, 5.41) is 24.7. The lowest BCUT2D eigenvalue weighted by Gasteiger charge is -2.09. The van der Waals surface area contributed by atoms with Crippen molar-refractivity contribution in [1.29, 1.82) is 0 Å². The summed E-state index contributed by atoms with van der Waals surface area (Å²) < 4.78 is 0. The third kappa shape index (κ3) is 3.59. The van der Waals surface area contributed by atoms with E-state index in [0.717, 1.165) is 24.5 Å². The van der Waals surface area contributed by atoms with E-state index in [-0.39, 0.29) is 11.5 Å². The number of hydrogen-bond donors (Lipinski definition) is 4. The van der Waals surface area contributed by atoms with Gasteiger partial charge in [0.1, 0.15) is 11.5 Å². The minimum atomic E-state index is 0.266. The molecule has 0 aliphatic heterocycles. The average molecular weight is 244 g/mol. The molecule has 0 atom stereocenters. The molecule has 0 fully saturated rings. The molecule has 2 aromatic carbocycles. The second-order valence-corrected chi connectivity index (χ2v) is 3.95. The molecular weight excluding hydrogens is 228 g/mol. The highest BCUT2D eigenvalue weighted by Gasteiger charge is 1.94. The van der Waals surface area contributed by atoms with E-state index in [1.54, 1.807) is 24.3 Å². The van der Waals surface area contributed by atoms with Gasteiger partial charge in [0, 0.05) is 24.5 Å². The van der Waals surface area contributed by atoms with Crippen LogP contribution in [0.15, 0.2) is 48.5 Å². The molecule has 0 aliphatic carbocycles. The Kier molecular flexibility index (Phi) is 3.91. The van der Waals surface area contributed by atoms with Gasteiger partial charge in [0.2, 0.25) is 0 Å². The summed E-state index contributed by atoms with van der Waals surface area (Å²) in [6, 6.07) is 13.9. The fourth-order valence-electron chi connectivity index (χ4n) is 1.57. The maximum absolute atomic E-state index is 9.14. The van der Waals surface area contributed by atoms with E-state index in [4.69, 9.17) is 10.2 Å². The Labute approximate surface area is 106 Å². The average Bonchev–Trinajstić information content (AvgIpc) is 2.39. The number of aromatic hydroxyl groups is 2. The minimum Gasteiger partial charge on any atom is -0.508 e. The fraction of sp³-hybridized carbons (Fsp3) is 0.143. The van der Waals surface area contributed by atoms with Crippen LogP contribution in [0.4, 0.5) is 11.4 Å². The normalized spacial score (nSPS) is 10.0. The van der Waals surface area contributed by atoms with Gasteiger partial charge >= 0.3 is 0 Å². The molecule has 0 spiro atoms. The molecule has 4 heteroatoms. The summed E-state index contributed by atoms with van der Waals surface area (Å²) in [6.07, 6.45) is 0. The van der Waals surface area contributed by atoms with E-state index in [9.17, 15) is 0 Å². The fourth-order valence-corrected chi connectivity index (χ4v) is 1.57. The van der Waals surface area contributed by atoms with Crippen molar-refractivity contribution in [2.75, 3.05) is 23.7 Å². The lowest BCUT2D eigenvalue weighted by molar-refractivity contribution is 0.475. The monoisotopic (exact) mass is 244 g/mol. The smallest absolute Gasteiger partial charge is 0.115 e. The molecule has 4 N–H and O–H groups in total. The van der Waals surface area contributed by atoms with Crippen LogP contribution in [0.2, 0.25) is 0 Å². The third-order valence-corrected chi connectivity index (χ3v) is 2.52. The van der Waals surface area contributed by atoms with Gasteiger partial charge in [0.25, 0.3) is 0 Å². The van der Waals surface area contributed by atoms with Crippen LogP contribution in [-0.2, 0) is 0 Å². The van der Waals surface area contributed by atoms with E-state index >= 15 is 0 Å². The summed E-state index contributed by atoms with van der Waals surface area (Å²) >= 11 is 0. The zero-order valence-corrected chi connectivity index (χ0v) is 9.93. The largest absolute Gasteiger partial charge is 0.508 e. The predicted octanol–water partition coefficient (Wildman–Crippen LogP) is 2.62. The number of phenols is 2. The van der Waals surface area contributed by atoms with Crippen LogP contribution in [0.1, 0.15) is 0 Å². The molecule has 0 saturated carbocycles. The Morgan fingerprint density at radius 1 is 0.611 bits per heavy atom. The predicted molar refractivity (Wildman–Crippen MR) is 73.2 cm³/mol. The Morgan fingerprint density at radius 2 is 0.944 bits per heavy atom. The summed E-state index contributed by atoms with van der Waals surface area (Å²) in [4.78, 5) is 0. The molecule has 0 bridgehead atoms. The van der Waals surface area contributed by atoms with Crippen molar-refractivity contribution in [3.05, 3.63) is 48.5 Å². The Bertz CT molecular complexity index is 433. The van der Waals surface area contributed by atoms with E-state index < -0.39 is 0 Å². The van der Waals surface area contributed by atoms with Gasteiger partial charge in [0.05, 0.1) is 0 Å². The number of rotatable bonds is 5. The van der Waals surface area contributed by atoms with Crippen molar-refractivity contribution in [3.63, 3.8) is 0 Å². The zero-order chi connectivity index (χ0) is 12.8. The van der Waals surface area contributed by atoms with E-state index in [0.29, 0.717) is 0 Å². The highest BCUT2D eigenvalue weighted by Crippen LogP contribution is 2.14. The third-order valence-electron chi connectivity index (χ3n) is 2.52. The standard InChI is InChI=1S/C14H16N2O2/c17-13-5-1-11(2-6-13)15-9-10-16-12-3-7-14(18)8-4-12/h1-8,15-18H,9-10H2. The van der Waals surface area contributed by atoms with Crippen molar-refractivity contribution in [2.45, 2.75) is 0 Å². The molecule has 0 unspecified atom stereocenters. The molecule has 0 heterocycles. The van der Waals surface area contributed by atoms with E-state index in [1.165, 1.54) is 0 Å². The number of nitrogens with one attached hydrogen (secondary N) is 2. The second-order valence-electron chi connectivity index (χ2n) is 3.95. The van der Waals surface area contributed by atoms with Crippen LogP contribution in [-0.4, -0.2) is 23.3 Å². The van der Waals surface area contributed by atoms with Crippen LogP contribution >= 0.6 is 0 Å². The van der Waals surface area contributed by atoms with Crippen LogP contribution in [0, 0.1) is 0 Å². The van der Waals surface area contributed by atoms with Crippen molar-refractivity contribution in [3.8, 4) is 11.5 Å². The SMILES string of the molecule is Oc1ccc(NCCNc2ccc(O)cc2)cc1. The number of phenolic OH excluding ortho intramolecular Hbond substituents is 2. The summed E-state index contributed by atoms with van der Waals surface area (Å²) in [5.74, 6) is 0.533. The minimum absolute atomic E-state index is 0.266. The first-order valence-electron chi connectivity index (χ1n) is 5.80. The molecule has 0 radical (unpaired) electrons. The molecule has 0 aliphatic rings. The zero-order valence-electron chi connectivity index (χ0n) is 9.93. The van der Waals surface area contributed by atoms with Gasteiger partial charge < -0.3 is 20.8 Å². The lowest BCUT2D eigenvalue weighted by atomic mass is 10.3. The molecule has 0 amide bonds. The summed E-state index contributed by atoms with van der Waals surface area (Å²) in [7, 11) is 0. The number of hydrogen-bond acceptors (Lipinski definition) is 4. The van der Waals surface area contributed by atoms with Crippen LogP contribution in [0.5, 0.6) is 11.5 Å². The second kappa shape index (κ2) is 5.82.